The maximum Gasteiger partial charge on any atom is 0.309 e. The molecule has 1 aliphatic carbocycles. The first-order valence-corrected chi connectivity index (χ1v) is 4.64. The molecule has 2 aliphatic rings. The van der Waals surface area contributed by atoms with E-state index in [4.69, 9.17) is 4.74 Å². The second-order valence-corrected chi connectivity index (χ2v) is 3.70. The number of carbonyl (C=O) groups is 1. The minimum atomic E-state index is 0.00426. The number of allylic oxidation sites excluding steroid dienone is 1. The van der Waals surface area contributed by atoms with Crippen LogP contribution in [0.5, 0.6) is 0 Å². The number of esters is 1. The highest BCUT2D eigenvalue weighted by Crippen LogP contribution is 2.41. The maximum atomic E-state index is 11.3. The molecule has 1 aliphatic heterocycles. The van der Waals surface area contributed by atoms with E-state index in [1.54, 1.807) is 0 Å². The lowest BCUT2D eigenvalue weighted by Crippen LogP contribution is -2.14. The van der Waals surface area contributed by atoms with Crippen LogP contribution in [0.1, 0.15) is 25.7 Å². The summed E-state index contributed by atoms with van der Waals surface area (Å²) < 4.78 is 5.26. The molecular weight excluding hydrogens is 152 g/mol. The van der Waals surface area contributed by atoms with Crippen LogP contribution in [0.15, 0.2) is 12.7 Å². The molecule has 0 aromatic heterocycles. The summed E-state index contributed by atoms with van der Waals surface area (Å²) in [4.78, 5) is 11.3. The van der Waals surface area contributed by atoms with Gasteiger partial charge in [0.25, 0.3) is 0 Å². The van der Waals surface area contributed by atoms with Crippen molar-refractivity contribution in [3.05, 3.63) is 12.7 Å². The summed E-state index contributed by atoms with van der Waals surface area (Å²) in [6, 6.07) is 0. The van der Waals surface area contributed by atoms with Gasteiger partial charge in [0.2, 0.25) is 0 Å². The van der Waals surface area contributed by atoms with Gasteiger partial charge < -0.3 is 4.74 Å². The quantitative estimate of drug-likeness (QED) is 0.462. The van der Waals surface area contributed by atoms with Gasteiger partial charge in [0.1, 0.15) is 6.10 Å². The molecule has 0 aromatic rings. The van der Waals surface area contributed by atoms with Crippen LogP contribution in [-0.4, -0.2) is 12.1 Å². The fraction of sp³-hybridized carbons (Fsp3) is 0.700. The summed E-state index contributed by atoms with van der Waals surface area (Å²) in [6.07, 6.45) is 6.31. The van der Waals surface area contributed by atoms with Gasteiger partial charge in [0.05, 0.1) is 5.92 Å². The monoisotopic (exact) mass is 166 g/mol. The number of fused-ring (bicyclic) bond motifs is 1. The second kappa shape index (κ2) is 2.92. The van der Waals surface area contributed by atoms with Crippen LogP contribution in [0.4, 0.5) is 0 Å². The number of rotatable bonds is 2. The number of carbonyl (C=O) groups excluding carboxylic acids is 1. The average molecular weight is 166 g/mol. The highest BCUT2D eigenvalue weighted by atomic mass is 16.6. The SMILES string of the molecule is C=CCC1C(=O)OC2CCCC21. The zero-order valence-corrected chi connectivity index (χ0v) is 7.16. The van der Waals surface area contributed by atoms with E-state index in [0.717, 1.165) is 19.3 Å². The first-order valence-electron chi connectivity index (χ1n) is 4.64. The van der Waals surface area contributed by atoms with Crippen LogP contribution in [0.2, 0.25) is 0 Å². The zero-order valence-electron chi connectivity index (χ0n) is 7.16. The average Bonchev–Trinajstić information content (AvgIpc) is 2.56. The molecule has 1 heterocycles. The van der Waals surface area contributed by atoms with E-state index >= 15 is 0 Å². The smallest absolute Gasteiger partial charge is 0.309 e. The van der Waals surface area contributed by atoms with Gasteiger partial charge in [0.15, 0.2) is 0 Å². The van der Waals surface area contributed by atoms with Crippen molar-refractivity contribution in [1.29, 1.82) is 0 Å². The second-order valence-electron chi connectivity index (χ2n) is 3.70. The molecule has 2 rings (SSSR count). The summed E-state index contributed by atoms with van der Waals surface area (Å²) in [5.41, 5.74) is 0. The summed E-state index contributed by atoms with van der Waals surface area (Å²) in [7, 11) is 0. The Labute approximate surface area is 72.6 Å². The molecule has 1 saturated carbocycles. The van der Waals surface area contributed by atoms with Crippen LogP contribution in [0.3, 0.4) is 0 Å². The Morgan fingerprint density at radius 2 is 2.42 bits per heavy atom. The van der Waals surface area contributed by atoms with Gasteiger partial charge in [-0.15, -0.1) is 6.58 Å². The van der Waals surface area contributed by atoms with Gasteiger partial charge in [-0.3, -0.25) is 4.79 Å². The van der Waals surface area contributed by atoms with Crippen LogP contribution in [0, 0.1) is 11.8 Å². The molecule has 3 atom stereocenters. The molecule has 0 spiro atoms. The van der Waals surface area contributed by atoms with Gasteiger partial charge in [-0.25, -0.2) is 0 Å². The Bertz CT molecular complexity index is 210. The lowest BCUT2D eigenvalue weighted by atomic mass is 9.89. The van der Waals surface area contributed by atoms with Crippen molar-refractivity contribution in [2.75, 3.05) is 0 Å². The van der Waals surface area contributed by atoms with Gasteiger partial charge in [-0.2, -0.15) is 0 Å². The van der Waals surface area contributed by atoms with E-state index in [1.807, 2.05) is 6.08 Å². The van der Waals surface area contributed by atoms with Crippen molar-refractivity contribution in [2.45, 2.75) is 31.8 Å². The Morgan fingerprint density at radius 3 is 3.17 bits per heavy atom. The summed E-state index contributed by atoms with van der Waals surface area (Å²) in [6.45, 7) is 3.67. The third-order valence-corrected chi connectivity index (χ3v) is 3.01. The van der Waals surface area contributed by atoms with E-state index in [2.05, 4.69) is 6.58 Å². The molecular formula is C10H14O2. The Morgan fingerprint density at radius 1 is 1.58 bits per heavy atom. The molecule has 66 valence electrons. The largest absolute Gasteiger partial charge is 0.462 e. The molecule has 2 fully saturated rings. The first-order chi connectivity index (χ1) is 5.83. The minimum Gasteiger partial charge on any atom is -0.462 e. The normalized spacial score (nSPS) is 39.3. The molecule has 12 heavy (non-hydrogen) atoms. The molecule has 0 bridgehead atoms. The van der Waals surface area contributed by atoms with Gasteiger partial charge in [-0.05, 0) is 25.7 Å². The Hall–Kier alpha value is -0.790. The number of hydrogen-bond donors (Lipinski definition) is 0. The van der Waals surface area contributed by atoms with Crippen molar-refractivity contribution in [3.63, 3.8) is 0 Å². The summed E-state index contributed by atoms with van der Waals surface area (Å²) in [5, 5.41) is 0. The lowest BCUT2D eigenvalue weighted by molar-refractivity contribution is -0.144. The predicted octanol–water partition coefficient (Wildman–Crippen LogP) is 1.90. The fourth-order valence-electron chi connectivity index (χ4n) is 2.42. The summed E-state index contributed by atoms with van der Waals surface area (Å²) >= 11 is 0. The maximum absolute atomic E-state index is 11.3. The molecule has 2 nitrogen and oxygen atoms in total. The number of ether oxygens (including phenoxy) is 1. The summed E-state index contributed by atoms with van der Waals surface area (Å²) in [5.74, 6) is 0.620. The lowest BCUT2D eigenvalue weighted by Gasteiger charge is -2.09. The highest BCUT2D eigenvalue weighted by Gasteiger charge is 2.45. The van der Waals surface area contributed by atoms with Crippen molar-refractivity contribution < 1.29 is 9.53 Å². The van der Waals surface area contributed by atoms with Crippen LogP contribution in [-0.2, 0) is 9.53 Å². The Kier molecular flexibility index (Phi) is 1.91. The molecule has 3 unspecified atom stereocenters. The highest BCUT2D eigenvalue weighted by molar-refractivity contribution is 5.75. The van der Waals surface area contributed by atoms with E-state index in [-0.39, 0.29) is 18.0 Å². The fourth-order valence-corrected chi connectivity index (χ4v) is 2.42. The molecule has 0 amide bonds. The van der Waals surface area contributed by atoms with E-state index in [9.17, 15) is 4.79 Å². The third-order valence-electron chi connectivity index (χ3n) is 3.01. The predicted molar refractivity (Wildman–Crippen MR) is 45.5 cm³/mol. The van der Waals surface area contributed by atoms with Crippen LogP contribution >= 0.6 is 0 Å². The number of hydrogen-bond acceptors (Lipinski definition) is 2. The molecule has 0 N–H and O–H groups in total. The molecule has 1 saturated heterocycles. The molecule has 0 aromatic carbocycles. The Balaban J connectivity index is 2.10. The van der Waals surface area contributed by atoms with Gasteiger partial charge in [-0.1, -0.05) is 6.08 Å². The van der Waals surface area contributed by atoms with Crippen molar-refractivity contribution >= 4 is 5.97 Å². The van der Waals surface area contributed by atoms with Crippen molar-refractivity contribution in [1.82, 2.24) is 0 Å². The first kappa shape index (κ1) is 7.84. The van der Waals surface area contributed by atoms with Crippen LogP contribution in [0.25, 0.3) is 0 Å². The van der Waals surface area contributed by atoms with Crippen molar-refractivity contribution in [2.24, 2.45) is 11.8 Å². The van der Waals surface area contributed by atoms with Gasteiger partial charge in [0, 0.05) is 5.92 Å². The standard InChI is InChI=1S/C10H14O2/c1-2-4-8-7-5-3-6-9(7)12-10(8)11/h2,7-9H,1,3-6H2. The minimum absolute atomic E-state index is 0.00426. The van der Waals surface area contributed by atoms with E-state index < -0.39 is 0 Å². The van der Waals surface area contributed by atoms with Crippen molar-refractivity contribution in [3.8, 4) is 0 Å². The van der Waals surface area contributed by atoms with Gasteiger partial charge >= 0.3 is 5.97 Å². The molecule has 2 heteroatoms. The van der Waals surface area contributed by atoms with E-state index in [1.165, 1.54) is 6.42 Å². The van der Waals surface area contributed by atoms with Crippen LogP contribution < -0.4 is 0 Å². The molecule has 0 radical (unpaired) electrons. The zero-order chi connectivity index (χ0) is 8.55. The topological polar surface area (TPSA) is 26.3 Å². The van der Waals surface area contributed by atoms with E-state index in [0.29, 0.717) is 5.92 Å². The third kappa shape index (κ3) is 1.06.